The zero-order chi connectivity index (χ0) is 13.3. The van der Waals surface area contributed by atoms with Gasteiger partial charge in [-0.2, -0.15) is 0 Å². The van der Waals surface area contributed by atoms with Gasteiger partial charge in [-0.15, -0.1) is 0 Å². The summed E-state index contributed by atoms with van der Waals surface area (Å²) < 4.78 is 0. The van der Waals surface area contributed by atoms with Gasteiger partial charge >= 0.3 is 0 Å². The van der Waals surface area contributed by atoms with E-state index in [9.17, 15) is 5.11 Å². The van der Waals surface area contributed by atoms with E-state index in [1.807, 2.05) is 0 Å². The predicted molar refractivity (Wildman–Crippen MR) is 79.1 cm³/mol. The summed E-state index contributed by atoms with van der Waals surface area (Å²) in [4.78, 5) is 0. The molecular weight excluding hydrogens is 232 g/mol. The van der Waals surface area contributed by atoms with Crippen molar-refractivity contribution in [3.05, 3.63) is 35.9 Å². The van der Waals surface area contributed by atoms with Gasteiger partial charge in [0.1, 0.15) is 0 Å². The van der Waals surface area contributed by atoms with Crippen LogP contribution in [0.15, 0.2) is 30.3 Å². The molecule has 0 bridgehead atoms. The van der Waals surface area contributed by atoms with Crippen molar-refractivity contribution in [3.8, 4) is 0 Å². The monoisotopic (exact) mass is 258 g/mol. The van der Waals surface area contributed by atoms with E-state index < -0.39 is 0 Å². The molecule has 0 amide bonds. The lowest BCUT2D eigenvalue weighted by Gasteiger charge is -2.35. The lowest BCUT2D eigenvalue weighted by atomic mass is 9.73. The molecule has 1 unspecified atom stereocenters. The first kappa shape index (κ1) is 13.2. The van der Waals surface area contributed by atoms with E-state index in [2.05, 4.69) is 37.3 Å². The molecule has 104 valence electrons. The Hall–Kier alpha value is -0.820. The van der Waals surface area contributed by atoms with Crippen LogP contribution in [0.25, 0.3) is 0 Å². The molecule has 2 saturated carbocycles. The highest BCUT2D eigenvalue weighted by Crippen LogP contribution is 2.54. The van der Waals surface area contributed by atoms with Crippen LogP contribution in [0.4, 0.5) is 0 Å². The molecule has 0 aromatic heterocycles. The quantitative estimate of drug-likeness (QED) is 0.854. The van der Waals surface area contributed by atoms with E-state index >= 15 is 0 Å². The first-order chi connectivity index (χ1) is 9.26. The van der Waals surface area contributed by atoms with Crippen molar-refractivity contribution < 1.29 is 5.11 Å². The van der Waals surface area contributed by atoms with Crippen molar-refractivity contribution >= 4 is 0 Å². The van der Waals surface area contributed by atoms with Crippen molar-refractivity contribution in [2.24, 2.45) is 11.8 Å². The van der Waals surface area contributed by atoms with Crippen molar-refractivity contribution in [2.45, 2.75) is 63.4 Å². The summed E-state index contributed by atoms with van der Waals surface area (Å²) in [5.41, 5.74) is 1.46. The fourth-order valence-electron chi connectivity index (χ4n) is 4.02. The molecule has 1 heteroatoms. The molecule has 2 aliphatic rings. The van der Waals surface area contributed by atoms with E-state index in [0.717, 1.165) is 5.92 Å². The third-order valence-electron chi connectivity index (χ3n) is 5.62. The van der Waals surface area contributed by atoms with Gasteiger partial charge in [-0.25, -0.2) is 0 Å². The van der Waals surface area contributed by atoms with Crippen LogP contribution in [0.3, 0.4) is 0 Å². The van der Waals surface area contributed by atoms with Crippen LogP contribution in [-0.4, -0.2) is 11.2 Å². The molecule has 0 aliphatic heterocycles. The Bertz CT molecular complexity index is 399. The molecule has 0 radical (unpaired) electrons. The summed E-state index contributed by atoms with van der Waals surface area (Å²) in [7, 11) is 0. The Balaban J connectivity index is 1.69. The standard InChI is InChI=1S/C18H26O/c1-2-14-8-10-15(11-9-14)17(19)18(12-13-18)16-6-4-3-5-7-16/h3-7,14-15,17,19H,2,8-13H2,1H3. The summed E-state index contributed by atoms with van der Waals surface area (Å²) in [6.45, 7) is 2.30. The van der Waals surface area contributed by atoms with E-state index in [4.69, 9.17) is 0 Å². The molecule has 1 aromatic rings. The second-order valence-corrected chi connectivity index (χ2v) is 6.66. The fourth-order valence-corrected chi connectivity index (χ4v) is 4.02. The van der Waals surface area contributed by atoms with Crippen LogP contribution in [0.1, 0.15) is 57.4 Å². The van der Waals surface area contributed by atoms with Crippen LogP contribution >= 0.6 is 0 Å². The third kappa shape index (κ3) is 2.45. The maximum absolute atomic E-state index is 10.9. The minimum Gasteiger partial charge on any atom is -0.392 e. The number of benzene rings is 1. The van der Waals surface area contributed by atoms with Gasteiger partial charge in [0.2, 0.25) is 0 Å². The highest BCUT2D eigenvalue weighted by molar-refractivity contribution is 5.33. The second-order valence-electron chi connectivity index (χ2n) is 6.66. The van der Waals surface area contributed by atoms with Crippen LogP contribution in [0.2, 0.25) is 0 Å². The molecule has 1 nitrogen and oxygen atoms in total. The number of hydrogen-bond donors (Lipinski definition) is 1. The Labute approximate surface area is 117 Å². The van der Waals surface area contributed by atoms with Crippen LogP contribution < -0.4 is 0 Å². The molecule has 0 heterocycles. The van der Waals surface area contributed by atoms with Gasteiger partial charge in [0.15, 0.2) is 0 Å². The molecular formula is C18H26O. The van der Waals surface area contributed by atoms with Crippen molar-refractivity contribution in [1.82, 2.24) is 0 Å². The molecule has 1 N–H and O–H groups in total. The minimum atomic E-state index is -0.118. The van der Waals surface area contributed by atoms with Gasteiger partial charge in [0, 0.05) is 5.41 Å². The smallest absolute Gasteiger partial charge is 0.0664 e. The number of rotatable bonds is 4. The van der Waals surface area contributed by atoms with Gasteiger partial charge < -0.3 is 5.11 Å². The number of aliphatic hydroxyl groups excluding tert-OH is 1. The minimum absolute atomic E-state index is 0.102. The van der Waals surface area contributed by atoms with Gasteiger partial charge in [0.05, 0.1) is 6.10 Å². The Kier molecular flexibility index (Phi) is 3.66. The zero-order valence-corrected chi connectivity index (χ0v) is 12.0. The Morgan fingerprint density at radius 1 is 1.11 bits per heavy atom. The number of aliphatic hydroxyl groups is 1. The average Bonchev–Trinajstić information content (AvgIpc) is 3.29. The fraction of sp³-hybridized carbons (Fsp3) is 0.667. The lowest BCUT2D eigenvalue weighted by Crippen LogP contribution is -2.35. The van der Waals surface area contributed by atoms with E-state index in [1.54, 1.807) is 0 Å². The number of hydrogen-bond acceptors (Lipinski definition) is 1. The maximum atomic E-state index is 10.9. The zero-order valence-electron chi connectivity index (χ0n) is 12.0. The Morgan fingerprint density at radius 3 is 2.26 bits per heavy atom. The van der Waals surface area contributed by atoms with Crippen molar-refractivity contribution in [2.75, 3.05) is 0 Å². The predicted octanol–water partition coefficient (Wildman–Crippen LogP) is 4.30. The first-order valence-electron chi connectivity index (χ1n) is 8.00. The highest BCUT2D eigenvalue weighted by Gasteiger charge is 2.52. The van der Waals surface area contributed by atoms with Crippen LogP contribution in [-0.2, 0) is 5.41 Å². The molecule has 1 aromatic carbocycles. The van der Waals surface area contributed by atoms with Gasteiger partial charge in [-0.3, -0.25) is 0 Å². The van der Waals surface area contributed by atoms with E-state index in [1.165, 1.54) is 50.5 Å². The lowest BCUT2D eigenvalue weighted by molar-refractivity contribution is 0.0419. The largest absolute Gasteiger partial charge is 0.392 e. The molecule has 2 fully saturated rings. The SMILES string of the molecule is CCC1CCC(C(O)C2(c3ccccc3)CC2)CC1. The van der Waals surface area contributed by atoms with E-state index in [0.29, 0.717) is 5.92 Å². The van der Waals surface area contributed by atoms with Crippen LogP contribution in [0, 0.1) is 11.8 Å². The maximum Gasteiger partial charge on any atom is 0.0664 e. The molecule has 1 atom stereocenters. The molecule has 3 rings (SSSR count). The Morgan fingerprint density at radius 2 is 1.74 bits per heavy atom. The molecule has 0 spiro atoms. The van der Waals surface area contributed by atoms with Crippen molar-refractivity contribution in [1.29, 1.82) is 0 Å². The average molecular weight is 258 g/mol. The topological polar surface area (TPSA) is 20.2 Å². The summed E-state index contributed by atoms with van der Waals surface area (Å²) in [6.07, 6.45) is 8.65. The highest BCUT2D eigenvalue weighted by atomic mass is 16.3. The van der Waals surface area contributed by atoms with Crippen LogP contribution in [0.5, 0.6) is 0 Å². The van der Waals surface area contributed by atoms with Gasteiger partial charge in [0.25, 0.3) is 0 Å². The second kappa shape index (κ2) is 5.28. The molecule has 2 aliphatic carbocycles. The normalized spacial score (nSPS) is 30.8. The molecule has 0 saturated heterocycles. The third-order valence-corrected chi connectivity index (χ3v) is 5.62. The summed E-state index contributed by atoms with van der Waals surface area (Å²) in [5.74, 6) is 1.45. The molecule has 19 heavy (non-hydrogen) atoms. The summed E-state index contributed by atoms with van der Waals surface area (Å²) >= 11 is 0. The summed E-state index contributed by atoms with van der Waals surface area (Å²) in [5, 5.41) is 10.9. The van der Waals surface area contributed by atoms with Gasteiger partial charge in [-0.05, 0) is 43.1 Å². The van der Waals surface area contributed by atoms with E-state index in [-0.39, 0.29) is 11.5 Å². The first-order valence-corrected chi connectivity index (χ1v) is 8.00. The summed E-state index contributed by atoms with van der Waals surface area (Å²) in [6, 6.07) is 10.7. The van der Waals surface area contributed by atoms with Crippen molar-refractivity contribution in [3.63, 3.8) is 0 Å². The van der Waals surface area contributed by atoms with Gasteiger partial charge in [-0.1, -0.05) is 56.5 Å².